The average Bonchev–Trinajstić information content (AvgIpc) is 2.35. The van der Waals surface area contributed by atoms with Gasteiger partial charge >= 0.3 is 0 Å². The van der Waals surface area contributed by atoms with Crippen LogP contribution in [0.3, 0.4) is 0 Å². The van der Waals surface area contributed by atoms with E-state index in [0.717, 1.165) is 19.0 Å². The molecule has 0 fully saturated rings. The number of rotatable bonds is 4. The van der Waals surface area contributed by atoms with Crippen LogP contribution in [-0.2, 0) is 0 Å². The summed E-state index contributed by atoms with van der Waals surface area (Å²) in [6.07, 6.45) is 0. The van der Waals surface area contributed by atoms with Crippen molar-refractivity contribution in [3.05, 3.63) is 30.3 Å². The third kappa shape index (κ3) is 3.81. The monoisotopic (exact) mass is 220 g/mol. The first-order valence-corrected chi connectivity index (χ1v) is 5.42. The molecule has 88 valence electrons. The van der Waals surface area contributed by atoms with Crippen molar-refractivity contribution in [3.8, 4) is 0 Å². The summed E-state index contributed by atoms with van der Waals surface area (Å²) < 4.78 is 0. The summed E-state index contributed by atoms with van der Waals surface area (Å²) in [7, 11) is 5.70. The third-order valence-corrected chi connectivity index (χ3v) is 2.40. The van der Waals surface area contributed by atoms with Crippen LogP contribution in [0.25, 0.3) is 0 Å². The Kier molecular flexibility index (Phi) is 5.19. The van der Waals surface area contributed by atoms with Gasteiger partial charge in [-0.1, -0.05) is 18.2 Å². The number of guanidine groups is 1. The summed E-state index contributed by atoms with van der Waals surface area (Å²) >= 11 is 0. The molecule has 16 heavy (non-hydrogen) atoms. The fraction of sp³-hybridized carbons (Fsp3) is 0.417. The predicted molar refractivity (Wildman–Crippen MR) is 70.1 cm³/mol. The number of nitrogens with one attached hydrogen (secondary N) is 2. The zero-order valence-electron chi connectivity index (χ0n) is 10.2. The molecular weight excluding hydrogens is 200 g/mol. The van der Waals surface area contributed by atoms with Crippen molar-refractivity contribution in [3.63, 3.8) is 0 Å². The SMILES string of the molecule is CN=C(NC)NCCN(C)c1ccccc1. The normalized spacial score (nSPS) is 11.1. The molecule has 0 aliphatic carbocycles. The number of hydrogen-bond acceptors (Lipinski definition) is 2. The van der Waals surface area contributed by atoms with Crippen molar-refractivity contribution in [2.45, 2.75) is 0 Å². The van der Waals surface area contributed by atoms with E-state index < -0.39 is 0 Å². The Hall–Kier alpha value is -1.71. The third-order valence-electron chi connectivity index (χ3n) is 2.40. The van der Waals surface area contributed by atoms with Crippen LogP contribution in [0.5, 0.6) is 0 Å². The molecular formula is C12H20N4. The Labute approximate surface area is 97.4 Å². The van der Waals surface area contributed by atoms with E-state index in [4.69, 9.17) is 0 Å². The topological polar surface area (TPSA) is 39.7 Å². The standard InChI is InChI=1S/C12H20N4/c1-13-12(14-2)15-9-10-16(3)11-7-5-4-6-8-11/h4-8H,9-10H2,1-3H3,(H2,13,14,15). The first-order chi connectivity index (χ1) is 7.77. The van der Waals surface area contributed by atoms with Gasteiger partial charge in [0.15, 0.2) is 5.96 Å². The number of anilines is 1. The summed E-state index contributed by atoms with van der Waals surface area (Å²) in [6, 6.07) is 10.3. The number of nitrogens with zero attached hydrogens (tertiary/aromatic N) is 2. The largest absolute Gasteiger partial charge is 0.373 e. The maximum absolute atomic E-state index is 4.05. The predicted octanol–water partition coefficient (Wildman–Crippen LogP) is 0.918. The maximum atomic E-state index is 4.05. The Morgan fingerprint density at radius 3 is 2.56 bits per heavy atom. The minimum Gasteiger partial charge on any atom is -0.373 e. The van der Waals surface area contributed by atoms with Crippen molar-refractivity contribution >= 4 is 11.6 Å². The highest BCUT2D eigenvalue weighted by molar-refractivity contribution is 5.79. The minimum absolute atomic E-state index is 0.821. The summed E-state index contributed by atoms with van der Waals surface area (Å²) in [6.45, 7) is 1.80. The van der Waals surface area contributed by atoms with Gasteiger partial charge in [-0.3, -0.25) is 4.99 Å². The Balaban J connectivity index is 2.34. The van der Waals surface area contributed by atoms with E-state index in [1.807, 2.05) is 25.2 Å². The highest BCUT2D eigenvalue weighted by Crippen LogP contribution is 2.09. The molecule has 1 rings (SSSR count). The van der Waals surface area contributed by atoms with Crippen LogP contribution < -0.4 is 15.5 Å². The number of hydrogen-bond donors (Lipinski definition) is 2. The fourth-order valence-corrected chi connectivity index (χ4v) is 1.43. The molecule has 0 amide bonds. The minimum atomic E-state index is 0.821. The van der Waals surface area contributed by atoms with E-state index in [1.165, 1.54) is 5.69 Å². The van der Waals surface area contributed by atoms with E-state index in [0.29, 0.717) is 0 Å². The van der Waals surface area contributed by atoms with Crippen molar-refractivity contribution in [2.24, 2.45) is 4.99 Å². The molecule has 0 unspecified atom stereocenters. The van der Waals surface area contributed by atoms with E-state index >= 15 is 0 Å². The number of likely N-dealkylation sites (N-methyl/N-ethyl adjacent to an activating group) is 1. The van der Waals surface area contributed by atoms with Gasteiger partial charge < -0.3 is 15.5 Å². The molecule has 0 atom stereocenters. The van der Waals surface area contributed by atoms with Crippen LogP contribution in [0, 0.1) is 0 Å². The lowest BCUT2D eigenvalue weighted by Gasteiger charge is -2.19. The van der Waals surface area contributed by atoms with Crippen LogP contribution in [0.2, 0.25) is 0 Å². The quantitative estimate of drug-likeness (QED) is 0.585. The molecule has 0 aliphatic heterocycles. The summed E-state index contributed by atoms with van der Waals surface area (Å²) in [5, 5.41) is 6.20. The van der Waals surface area contributed by atoms with Gasteiger partial charge in [-0.05, 0) is 12.1 Å². The molecule has 0 radical (unpaired) electrons. The first kappa shape index (κ1) is 12.4. The van der Waals surface area contributed by atoms with Crippen LogP contribution in [0.15, 0.2) is 35.3 Å². The molecule has 0 bridgehead atoms. The van der Waals surface area contributed by atoms with Crippen LogP contribution in [0.4, 0.5) is 5.69 Å². The molecule has 0 saturated heterocycles. The van der Waals surface area contributed by atoms with Crippen LogP contribution >= 0.6 is 0 Å². The molecule has 1 aromatic rings. The Morgan fingerprint density at radius 2 is 2.00 bits per heavy atom. The van der Waals surface area contributed by atoms with Crippen LogP contribution in [-0.4, -0.2) is 40.2 Å². The Bertz CT molecular complexity index is 321. The van der Waals surface area contributed by atoms with Gasteiger partial charge in [-0.2, -0.15) is 0 Å². The first-order valence-electron chi connectivity index (χ1n) is 5.42. The maximum Gasteiger partial charge on any atom is 0.190 e. The highest BCUT2D eigenvalue weighted by Gasteiger charge is 1.99. The highest BCUT2D eigenvalue weighted by atomic mass is 15.2. The number of benzene rings is 1. The molecule has 1 aromatic carbocycles. The molecule has 0 aliphatic rings. The van der Waals surface area contributed by atoms with E-state index in [2.05, 4.69) is 39.7 Å². The molecule has 0 aromatic heterocycles. The van der Waals surface area contributed by atoms with Crippen molar-refractivity contribution in [1.29, 1.82) is 0 Å². The van der Waals surface area contributed by atoms with Crippen molar-refractivity contribution in [2.75, 3.05) is 39.1 Å². The number of aliphatic imine (C=N–C) groups is 1. The van der Waals surface area contributed by atoms with Crippen molar-refractivity contribution in [1.82, 2.24) is 10.6 Å². The summed E-state index contributed by atoms with van der Waals surface area (Å²) in [5.41, 5.74) is 1.23. The zero-order valence-corrected chi connectivity index (χ0v) is 10.2. The van der Waals surface area contributed by atoms with E-state index in [-0.39, 0.29) is 0 Å². The van der Waals surface area contributed by atoms with Gasteiger partial charge in [0.05, 0.1) is 0 Å². The second-order valence-corrected chi connectivity index (χ2v) is 3.51. The molecule has 2 N–H and O–H groups in total. The van der Waals surface area contributed by atoms with E-state index in [1.54, 1.807) is 7.05 Å². The number of para-hydroxylation sites is 1. The van der Waals surface area contributed by atoms with Gasteiger partial charge in [0.1, 0.15) is 0 Å². The van der Waals surface area contributed by atoms with E-state index in [9.17, 15) is 0 Å². The molecule has 0 saturated carbocycles. The van der Waals surface area contributed by atoms with Crippen LogP contribution in [0.1, 0.15) is 0 Å². The lowest BCUT2D eigenvalue weighted by Crippen LogP contribution is -2.39. The second-order valence-electron chi connectivity index (χ2n) is 3.51. The molecule has 0 heterocycles. The fourth-order valence-electron chi connectivity index (χ4n) is 1.43. The average molecular weight is 220 g/mol. The lowest BCUT2D eigenvalue weighted by molar-refractivity contribution is 0.802. The molecule has 4 heteroatoms. The van der Waals surface area contributed by atoms with Gasteiger partial charge in [-0.25, -0.2) is 0 Å². The van der Waals surface area contributed by atoms with Gasteiger partial charge in [0.25, 0.3) is 0 Å². The second kappa shape index (κ2) is 6.71. The van der Waals surface area contributed by atoms with Gasteiger partial charge in [0.2, 0.25) is 0 Å². The molecule has 4 nitrogen and oxygen atoms in total. The Morgan fingerprint density at radius 1 is 1.31 bits per heavy atom. The van der Waals surface area contributed by atoms with Crippen molar-refractivity contribution < 1.29 is 0 Å². The summed E-state index contributed by atoms with van der Waals surface area (Å²) in [5.74, 6) is 0.821. The summed E-state index contributed by atoms with van der Waals surface area (Å²) in [4.78, 5) is 6.26. The smallest absolute Gasteiger partial charge is 0.190 e. The van der Waals surface area contributed by atoms with Gasteiger partial charge in [0, 0.05) is 39.9 Å². The molecule has 0 spiro atoms. The lowest BCUT2D eigenvalue weighted by atomic mass is 10.3. The van der Waals surface area contributed by atoms with Gasteiger partial charge in [-0.15, -0.1) is 0 Å². The zero-order chi connectivity index (χ0) is 11.8.